The van der Waals surface area contributed by atoms with Crippen molar-refractivity contribution in [2.75, 3.05) is 7.11 Å². The van der Waals surface area contributed by atoms with Gasteiger partial charge in [-0.3, -0.25) is 9.59 Å². The van der Waals surface area contributed by atoms with Crippen LogP contribution in [-0.4, -0.2) is 37.0 Å². The summed E-state index contributed by atoms with van der Waals surface area (Å²) in [6.07, 6.45) is -4.71. The van der Waals surface area contributed by atoms with Gasteiger partial charge < -0.3 is 15.4 Å². The molecule has 0 bridgehead atoms. The van der Waals surface area contributed by atoms with Crippen LogP contribution in [0.3, 0.4) is 0 Å². The summed E-state index contributed by atoms with van der Waals surface area (Å²) in [7, 11) is 1.11. The number of benzene rings is 1. The van der Waals surface area contributed by atoms with Crippen molar-refractivity contribution in [3.05, 3.63) is 35.4 Å². The minimum Gasteiger partial charge on any atom is -0.467 e. The van der Waals surface area contributed by atoms with Crippen molar-refractivity contribution in [2.24, 2.45) is 5.92 Å². The number of methoxy groups -OCH3 is 1. The van der Waals surface area contributed by atoms with Gasteiger partial charge in [0.05, 0.1) is 12.7 Å². The number of nitrogens with one attached hydrogen (secondary N) is 2. The van der Waals surface area contributed by atoms with Crippen molar-refractivity contribution in [3.8, 4) is 0 Å². The maximum Gasteiger partial charge on any atom is 0.416 e. The Hall–Kier alpha value is -2.58. The van der Waals surface area contributed by atoms with Gasteiger partial charge in [-0.1, -0.05) is 32.0 Å². The molecule has 1 aromatic rings. The monoisotopic (exact) mass is 388 g/mol. The quantitative estimate of drug-likeness (QED) is 0.701. The normalized spacial score (nSPS) is 13.6. The Balaban J connectivity index is 3.02. The fourth-order valence-electron chi connectivity index (χ4n) is 2.46. The predicted molar refractivity (Wildman–Crippen MR) is 91.5 cm³/mol. The Bertz CT molecular complexity index is 689. The molecular weight excluding hydrogens is 365 g/mol. The summed E-state index contributed by atoms with van der Waals surface area (Å²) in [5, 5.41) is 4.93. The zero-order valence-electron chi connectivity index (χ0n) is 15.5. The molecule has 0 heterocycles. The Morgan fingerprint density at radius 2 is 1.78 bits per heavy atom. The van der Waals surface area contributed by atoms with Gasteiger partial charge in [0.2, 0.25) is 11.8 Å². The van der Waals surface area contributed by atoms with E-state index in [0.717, 1.165) is 19.2 Å². The molecule has 0 saturated carbocycles. The van der Waals surface area contributed by atoms with Crippen LogP contribution in [-0.2, 0) is 31.7 Å². The molecule has 0 unspecified atom stereocenters. The molecule has 0 aliphatic heterocycles. The van der Waals surface area contributed by atoms with Crippen molar-refractivity contribution in [3.63, 3.8) is 0 Å². The van der Waals surface area contributed by atoms with Crippen LogP contribution in [0.1, 0.15) is 31.9 Å². The van der Waals surface area contributed by atoms with Crippen molar-refractivity contribution in [1.82, 2.24) is 10.6 Å². The van der Waals surface area contributed by atoms with Crippen LogP contribution in [0, 0.1) is 5.92 Å². The smallest absolute Gasteiger partial charge is 0.416 e. The molecule has 2 atom stereocenters. The van der Waals surface area contributed by atoms with Crippen molar-refractivity contribution < 1.29 is 32.3 Å². The van der Waals surface area contributed by atoms with E-state index < -0.39 is 41.6 Å². The molecule has 0 saturated heterocycles. The third-order valence-corrected chi connectivity index (χ3v) is 3.80. The number of hydrogen-bond acceptors (Lipinski definition) is 4. The van der Waals surface area contributed by atoms with Gasteiger partial charge >= 0.3 is 12.1 Å². The number of esters is 1. The van der Waals surface area contributed by atoms with Crippen LogP contribution in [0.2, 0.25) is 0 Å². The number of amides is 2. The highest BCUT2D eigenvalue weighted by molar-refractivity contribution is 5.90. The van der Waals surface area contributed by atoms with E-state index in [-0.39, 0.29) is 17.9 Å². The van der Waals surface area contributed by atoms with Crippen molar-refractivity contribution in [2.45, 2.75) is 45.5 Å². The molecule has 1 aromatic carbocycles. The molecule has 6 nitrogen and oxygen atoms in total. The van der Waals surface area contributed by atoms with E-state index in [2.05, 4.69) is 15.4 Å². The number of rotatable bonds is 7. The summed E-state index contributed by atoms with van der Waals surface area (Å²) >= 11 is 0. The second-order valence-electron chi connectivity index (χ2n) is 6.41. The molecule has 27 heavy (non-hydrogen) atoms. The first-order valence-electron chi connectivity index (χ1n) is 8.27. The van der Waals surface area contributed by atoms with Crippen molar-refractivity contribution in [1.29, 1.82) is 0 Å². The molecule has 0 spiro atoms. The molecule has 1 rings (SSSR count). The fourth-order valence-corrected chi connectivity index (χ4v) is 2.46. The average Bonchev–Trinajstić information content (AvgIpc) is 2.57. The zero-order valence-corrected chi connectivity index (χ0v) is 15.5. The Kier molecular flexibility index (Phi) is 7.81. The third-order valence-electron chi connectivity index (χ3n) is 3.80. The van der Waals surface area contributed by atoms with E-state index in [1.54, 1.807) is 13.8 Å². The van der Waals surface area contributed by atoms with Crippen LogP contribution in [0.25, 0.3) is 0 Å². The van der Waals surface area contributed by atoms with Crippen LogP contribution in [0.5, 0.6) is 0 Å². The molecule has 2 amide bonds. The second-order valence-corrected chi connectivity index (χ2v) is 6.41. The van der Waals surface area contributed by atoms with Gasteiger partial charge in [-0.05, 0) is 17.5 Å². The van der Waals surface area contributed by atoms with Gasteiger partial charge in [0.1, 0.15) is 12.1 Å². The van der Waals surface area contributed by atoms with Gasteiger partial charge in [-0.15, -0.1) is 0 Å². The highest BCUT2D eigenvalue weighted by Crippen LogP contribution is 2.29. The topological polar surface area (TPSA) is 84.5 Å². The molecule has 0 aromatic heterocycles. The maximum absolute atomic E-state index is 12.9. The SMILES string of the molecule is COC(=O)[C@H](Cc1cccc(C(F)(F)F)c1)NC(=O)[C@H](NC(C)=O)C(C)C. The number of carbonyl (C=O) groups excluding carboxylic acids is 3. The minimum atomic E-state index is -4.52. The van der Waals surface area contributed by atoms with Crippen LogP contribution in [0.15, 0.2) is 24.3 Å². The summed E-state index contributed by atoms with van der Waals surface area (Å²) in [4.78, 5) is 35.7. The predicted octanol–water partition coefficient (Wildman–Crippen LogP) is 2.07. The number of hydrogen-bond donors (Lipinski definition) is 2. The lowest BCUT2D eigenvalue weighted by molar-refractivity contribution is -0.145. The number of carbonyl (C=O) groups is 3. The third kappa shape index (κ3) is 6.92. The number of halogens is 3. The Labute approximate surface area is 155 Å². The minimum absolute atomic E-state index is 0.187. The van der Waals surface area contributed by atoms with Gasteiger partial charge in [0.15, 0.2) is 0 Å². The standard InChI is InChI=1S/C18H23F3N2O4/c1-10(2)15(22-11(3)24)16(25)23-14(17(26)27-4)9-12-6-5-7-13(8-12)18(19,20)21/h5-8,10,14-15H,9H2,1-4H3,(H,22,24)(H,23,25)/t14-,15+/m0/s1. The van der Waals surface area contributed by atoms with E-state index >= 15 is 0 Å². The summed E-state index contributed by atoms with van der Waals surface area (Å²) in [5.74, 6) is -2.11. The summed E-state index contributed by atoms with van der Waals surface area (Å²) < 4.78 is 43.2. The van der Waals surface area contributed by atoms with Gasteiger partial charge in [-0.25, -0.2) is 4.79 Å². The van der Waals surface area contributed by atoms with Crippen LogP contribution in [0.4, 0.5) is 13.2 Å². The lowest BCUT2D eigenvalue weighted by atomic mass is 10.0. The Morgan fingerprint density at radius 3 is 2.26 bits per heavy atom. The highest BCUT2D eigenvalue weighted by atomic mass is 19.4. The first kappa shape index (κ1) is 22.5. The lowest BCUT2D eigenvalue weighted by Gasteiger charge is -2.24. The van der Waals surface area contributed by atoms with E-state index in [4.69, 9.17) is 0 Å². The molecule has 0 radical (unpaired) electrons. The maximum atomic E-state index is 12.9. The molecule has 9 heteroatoms. The second kappa shape index (κ2) is 9.38. The van der Waals surface area contributed by atoms with Crippen LogP contribution < -0.4 is 10.6 Å². The zero-order chi connectivity index (χ0) is 20.8. The number of ether oxygens (including phenoxy) is 1. The largest absolute Gasteiger partial charge is 0.467 e. The highest BCUT2D eigenvalue weighted by Gasteiger charge is 2.32. The first-order chi connectivity index (χ1) is 12.5. The summed E-state index contributed by atoms with van der Waals surface area (Å²) in [6, 6.07) is 2.39. The van der Waals surface area contributed by atoms with E-state index in [0.29, 0.717) is 0 Å². The fraction of sp³-hybridized carbons (Fsp3) is 0.500. The van der Waals surface area contributed by atoms with Crippen molar-refractivity contribution >= 4 is 17.8 Å². The molecule has 0 fully saturated rings. The number of alkyl halides is 3. The van der Waals surface area contributed by atoms with Gasteiger partial charge in [0, 0.05) is 13.3 Å². The Morgan fingerprint density at radius 1 is 1.15 bits per heavy atom. The molecule has 2 N–H and O–H groups in total. The average molecular weight is 388 g/mol. The summed E-state index contributed by atoms with van der Waals surface area (Å²) in [5.41, 5.74) is -0.644. The van der Waals surface area contributed by atoms with E-state index in [9.17, 15) is 27.6 Å². The van der Waals surface area contributed by atoms with Gasteiger partial charge in [-0.2, -0.15) is 13.2 Å². The lowest BCUT2D eigenvalue weighted by Crippen LogP contribution is -2.54. The molecule has 150 valence electrons. The molecular formula is C18H23F3N2O4. The summed E-state index contributed by atoms with van der Waals surface area (Å²) in [6.45, 7) is 4.67. The van der Waals surface area contributed by atoms with E-state index in [1.165, 1.54) is 19.1 Å². The first-order valence-corrected chi connectivity index (χ1v) is 8.27. The van der Waals surface area contributed by atoms with E-state index in [1.807, 2.05) is 0 Å². The molecule has 0 aliphatic rings. The molecule has 0 aliphatic carbocycles. The van der Waals surface area contributed by atoms with Gasteiger partial charge in [0.25, 0.3) is 0 Å². The van der Waals surface area contributed by atoms with Crippen LogP contribution >= 0.6 is 0 Å².